The maximum absolute atomic E-state index is 13.0. The molecule has 7 nitrogen and oxygen atoms in total. The second-order valence-corrected chi connectivity index (χ2v) is 9.13. The number of pyridine rings is 2. The lowest BCUT2D eigenvalue weighted by Crippen LogP contribution is -2.49. The van der Waals surface area contributed by atoms with Crippen LogP contribution in [0.3, 0.4) is 0 Å². The Bertz CT molecular complexity index is 1180. The van der Waals surface area contributed by atoms with Gasteiger partial charge in [0.1, 0.15) is 11.1 Å². The molecule has 1 aliphatic heterocycles. The van der Waals surface area contributed by atoms with E-state index in [1.54, 1.807) is 24.5 Å². The standard InChI is InChI=1S/C26H30N4O3/c1-18-14-22(23(31)28-19(18)2)24(32)29-26(9-4-3-5-10-26)11-8-20-15-21(17-27-16-20)25(33)30-12-6-7-13-30/h14-17H,3-7,9-10,12-13H2,1-2H3,(H,28,31)(H,29,32). The van der Waals surface area contributed by atoms with Crippen molar-refractivity contribution in [3.05, 3.63) is 62.8 Å². The van der Waals surface area contributed by atoms with Crippen molar-refractivity contribution < 1.29 is 9.59 Å². The molecule has 2 N–H and O–H groups in total. The summed E-state index contributed by atoms with van der Waals surface area (Å²) in [4.78, 5) is 46.9. The molecule has 1 aliphatic carbocycles. The van der Waals surface area contributed by atoms with Crippen LogP contribution in [0.25, 0.3) is 0 Å². The molecule has 0 atom stereocenters. The Kier molecular flexibility index (Phi) is 6.64. The summed E-state index contributed by atoms with van der Waals surface area (Å²) in [7, 11) is 0. The summed E-state index contributed by atoms with van der Waals surface area (Å²) >= 11 is 0. The van der Waals surface area contributed by atoms with Gasteiger partial charge in [-0.2, -0.15) is 0 Å². The van der Waals surface area contributed by atoms with Crippen molar-refractivity contribution in [2.24, 2.45) is 0 Å². The van der Waals surface area contributed by atoms with Gasteiger partial charge < -0.3 is 15.2 Å². The summed E-state index contributed by atoms with van der Waals surface area (Å²) in [6.45, 7) is 5.23. The van der Waals surface area contributed by atoms with Gasteiger partial charge >= 0.3 is 0 Å². The Morgan fingerprint density at radius 1 is 1.06 bits per heavy atom. The first kappa shape index (κ1) is 22.8. The number of likely N-dealkylation sites (tertiary alicyclic amines) is 1. The lowest BCUT2D eigenvalue weighted by molar-refractivity contribution is 0.0792. The average molecular weight is 447 g/mol. The van der Waals surface area contributed by atoms with E-state index in [2.05, 4.69) is 27.1 Å². The molecule has 33 heavy (non-hydrogen) atoms. The average Bonchev–Trinajstić information content (AvgIpc) is 3.35. The van der Waals surface area contributed by atoms with E-state index in [9.17, 15) is 14.4 Å². The number of aromatic nitrogens is 2. The smallest absolute Gasteiger partial charge is 0.261 e. The third-order valence-electron chi connectivity index (χ3n) is 6.63. The highest BCUT2D eigenvalue weighted by Gasteiger charge is 2.33. The number of aromatic amines is 1. The molecule has 1 saturated carbocycles. The first-order valence-corrected chi connectivity index (χ1v) is 11.7. The number of aryl methyl sites for hydroxylation is 2. The molecule has 0 aromatic carbocycles. The molecule has 2 aromatic heterocycles. The largest absolute Gasteiger partial charge is 0.339 e. The zero-order chi connectivity index (χ0) is 23.4. The predicted molar refractivity (Wildman–Crippen MR) is 126 cm³/mol. The molecule has 172 valence electrons. The van der Waals surface area contributed by atoms with Gasteiger partial charge in [-0.05, 0) is 57.2 Å². The normalized spacial score (nSPS) is 17.2. The van der Waals surface area contributed by atoms with Crippen LogP contribution in [-0.4, -0.2) is 45.3 Å². The van der Waals surface area contributed by atoms with Crippen molar-refractivity contribution >= 4 is 11.8 Å². The number of carbonyl (C=O) groups excluding carboxylic acids is 2. The second-order valence-electron chi connectivity index (χ2n) is 9.13. The SMILES string of the molecule is Cc1cc(C(=O)NC2(C#Cc3cncc(C(=O)N4CCCC4)c3)CCCCC2)c(=O)[nH]c1C. The maximum Gasteiger partial charge on any atom is 0.261 e. The Morgan fingerprint density at radius 3 is 2.52 bits per heavy atom. The van der Waals surface area contributed by atoms with Crippen LogP contribution >= 0.6 is 0 Å². The first-order chi connectivity index (χ1) is 15.9. The summed E-state index contributed by atoms with van der Waals surface area (Å²) in [5, 5.41) is 3.06. The number of hydrogen-bond donors (Lipinski definition) is 2. The van der Waals surface area contributed by atoms with Crippen LogP contribution in [0.4, 0.5) is 0 Å². The van der Waals surface area contributed by atoms with E-state index in [1.807, 2.05) is 18.7 Å². The molecule has 4 rings (SSSR count). The summed E-state index contributed by atoms with van der Waals surface area (Å²) in [6, 6.07) is 3.40. The van der Waals surface area contributed by atoms with Gasteiger partial charge in [-0.3, -0.25) is 19.4 Å². The molecule has 3 heterocycles. The molecule has 2 fully saturated rings. The molecule has 7 heteroatoms. The van der Waals surface area contributed by atoms with E-state index < -0.39 is 17.0 Å². The van der Waals surface area contributed by atoms with Crippen LogP contribution in [-0.2, 0) is 0 Å². The fourth-order valence-corrected chi connectivity index (χ4v) is 4.54. The van der Waals surface area contributed by atoms with E-state index in [0.717, 1.165) is 56.5 Å². The number of rotatable bonds is 3. The van der Waals surface area contributed by atoms with Crippen molar-refractivity contribution in [2.45, 2.75) is 64.3 Å². The lowest BCUT2D eigenvalue weighted by Gasteiger charge is -2.33. The molecule has 2 aliphatic rings. The minimum absolute atomic E-state index is 0.0155. The topological polar surface area (TPSA) is 95.2 Å². The van der Waals surface area contributed by atoms with Crippen LogP contribution in [0.2, 0.25) is 0 Å². The van der Waals surface area contributed by atoms with Gasteiger partial charge in [0.25, 0.3) is 17.4 Å². The molecule has 0 bridgehead atoms. The summed E-state index contributed by atoms with van der Waals surface area (Å²) in [6.07, 6.45) is 9.70. The number of nitrogens with one attached hydrogen (secondary N) is 2. The summed E-state index contributed by atoms with van der Waals surface area (Å²) in [5.41, 5.74) is 1.77. The minimum atomic E-state index is -0.713. The van der Waals surface area contributed by atoms with Crippen molar-refractivity contribution in [3.8, 4) is 11.8 Å². The van der Waals surface area contributed by atoms with E-state index in [-0.39, 0.29) is 11.5 Å². The fourth-order valence-electron chi connectivity index (χ4n) is 4.54. The third-order valence-corrected chi connectivity index (χ3v) is 6.63. The molecule has 2 aromatic rings. The van der Waals surface area contributed by atoms with Gasteiger partial charge in [0.05, 0.1) is 5.56 Å². The molecule has 0 radical (unpaired) electrons. The van der Waals surface area contributed by atoms with Crippen molar-refractivity contribution in [2.75, 3.05) is 13.1 Å². The molecule has 1 saturated heterocycles. The van der Waals surface area contributed by atoms with Gasteiger partial charge in [0.2, 0.25) is 0 Å². The van der Waals surface area contributed by atoms with Crippen molar-refractivity contribution in [3.63, 3.8) is 0 Å². The van der Waals surface area contributed by atoms with E-state index in [4.69, 9.17) is 0 Å². The highest BCUT2D eigenvalue weighted by Crippen LogP contribution is 2.28. The second kappa shape index (κ2) is 9.62. The van der Waals surface area contributed by atoms with Crippen LogP contribution in [0, 0.1) is 25.7 Å². The zero-order valence-corrected chi connectivity index (χ0v) is 19.3. The molecule has 0 spiro atoms. The van der Waals surface area contributed by atoms with Crippen LogP contribution in [0.1, 0.15) is 82.5 Å². The Morgan fingerprint density at radius 2 is 1.79 bits per heavy atom. The number of H-pyrrole nitrogens is 1. The fraction of sp³-hybridized carbons (Fsp3) is 0.462. The molecular formula is C26H30N4O3. The molecular weight excluding hydrogens is 416 g/mol. The third kappa shape index (κ3) is 5.16. The van der Waals surface area contributed by atoms with Gasteiger partial charge in [-0.1, -0.05) is 31.1 Å². The van der Waals surface area contributed by atoms with E-state index in [0.29, 0.717) is 24.0 Å². The first-order valence-electron chi connectivity index (χ1n) is 11.7. The van der Waals surface area contributed by atoms with E-state index >= 15 is 0 Å². The highest BCUT2D eigenvalue weighted by atomic mass is 16.2. The Balaban J connectivity index is 1.59. The minimum Gasteiger partial charge on any atom is -0.339 e. The number of amides is 2. The van der Waals surface area contributed by atoms with Crippen LogP contribution in [0.15, 0.2) is 29.3 Å². The van der Waals surface area contributed by atoms with Gasteiger partial charge in [0, 0.05) is 36.7 Å². The van der Waals surface area contributed by atoms with E-state index in [1.165, 1.54) is 0 Å². The lowest BCUT2D eigenvalue weighted by atomic mass is 9.81. The highest BCUT2D eigenvalue weighted by molar-refractivity contribution is 5.95. The number of carbonyl (C=O) groups is 2. The summed E-state index contributed by atoms with van der Waals surface area (Å²) < 4.78 is 0. The van der Waals surface area contributed by atoms with Crippen LogP contribution < -0.4 is 10.9 Å². The van der Waals surface area contributed by atoms with Crippen molar-refractivity contribution in [1.29, 1.82) is 0 Å². The van der Waals surface area contributed by atoms with Gasteiger partial charge in [-0.25, -0.2) is 0 Å². The molecule has 0 unspecified atom stereocenters. The number of hydrogen-bond acceptors (Lipinski definition) is 4. The number of nitrogens with zero attached hydrogens (tertiary/aromatic N) is 2. The zero-order valence-electron chi connectivity index (χ0n) is 19.3. The summed E-state index contributed by atoms with van der Waals surface area (Å²) in [5.74, 6) is 6.00. The molecule has 2 amide bonds. The predicted octanol–water partition coefficient (Wildman–Crippen LogP) is 3.11. The van der Waals surface area contributed by atoms with Gasteiger partial charge in [0.15, 0.2) is 0 Å². The maximum atomic E-state index is 13.0. The Labute approximate surface area is 194 Å². The Hall–Kier alpha value is -3.40. The van der Waals surface area contributed by atoms with Crippen molar-refractivity contribution in [1.82, 2.24) is 20.2 Å². The van der Waals surface area contributed by atoms with Gasteiger partial charge in [-0.15, -0.1) is 0 Å². The monoisotopic (exact) mass is 446 g/mol. The quantitative estimate of drug-likeness (QED) is 0.709. The van der Waals surface area contributed by atoms with Crippen LogP contribution in [0.5, 0.6) is 0 Å².